The van der Waals surface area contributed by atoms with Crippen LogP contribution in [0.15, 0.2) is 24.3 Å². The number of aryl methyl sites for hydroxylation is 2. The summed E-state index contributed by atoms with van der Waals surface area (Å²) in [5.74, 6) is 0.600. The van der Waals surface area contributed by atoms with Crippen LogP contribution < -0.4 is 11.1 Å². The van der Waals surface area contributed by atoms with Crippen molar-refractivity contribution in [2.24, 2.45) is 0 Å². The minimum Gasteiger partial charge on any atom is -0.383 e. The summed E-state index contributed by atoms with van der Waals surface area (Å²) in [4.78, 5) is 15.7. The van der Waals surface area contributed by atoms with Crippen LogP contribution in [0, 0.1) is 31.0 Å². The fourth-order valence-electron chi connectivity index (χ4n) is 3.98. The van der Waals surface area contributed by atoms with Crippen LogP contribution in [0.4, 0.5) is 16.2 Å². The molecule has 1 aromatic carbocycles. The number of rotatable bonds is 4. The summed E-state index contributed by atoms with van der Waals surface area (Å²) >= 11 is 0. The van der Waals surface area contributed by atoms with Gasteiger partial charge in [0.25, 0.3) is 0 Å². The van der Waals surface area contributed by atoms with Crippen LogP contribution in [0.3, 0.4) is 0 Å². The highest BCUT2D eigenvalue weighted by atomic mass is 19.1. The number of aromatic nitrogens is 3. The molecule has 3 aromatic rings. The normalized spacial score (nSPS) is 15.3. The van der Waals surface area contributed by atoms with Crippen molar-refractivity contribution in [3.63, 3.8) is 0 Å². The number of piperidine rings is 1. The van der Waals surface area contributed by atoms with Crippen molar-refractivity contribution >= 4 is 22.8 Å². The summed E-state index contributed by atoms with van der Waals surface area (Å²) in [6.45, 7) is 6.11. The van der Waals surface area contributed by atoms with Gasteiger partial charge in [-0.2, -0.15) is 15.2 Å². The highest BCUT2D eigenvalue weighted by Crippen LogP contribution is 2.24. The second-order valence-corrected chi connectivity index (χ2v) is 7.82. The van der Waals surface area contributed by atoms with Crippen LogP contribution >= 0.6 is 0 Å². The Morgan fingerprint density at radius 2 is 1.97 bits per heavy atom. The molecule has 0 aliphatic carbocycles. The van der Waals surface area contributed by atoms with Crippen LogP contribution in [0.1, 0.15) is 35.2 Å². The number of hydrogen-bond donors (Lipinski definition) is 2. The van der Waals surface area contributed by atoms with Gasteiger partial charge in [-0.1, -0.05) is 6.07 Å². The van der Waals surface area contributed by atoms with Crippen LogP contribution in [0.25, 0.3) is 11.0 Å². The van der Waals surface area contributed by atoms with Crippen molar-refractivity contribution in [2.75, 3.05) is 24.1 Å². The third-order valence-corrected chi connectivity index (χ3v) is 5.52. The Labute approximate surface area is 174 Å². The van der Waals surface area contributed by atoms with Crippen molar-refractivity contribution in [1.82, 2.24) is 19.9 Å². The van der Waals surface area contributed by atoms with E-state index in [4.69, 9.17) is 11.0 Å². The van der Waals surface area contributed by atoms with Crippen molar-refractivity contribution in [2.45, 2.75) is 39.3 Å². The van der Waals surface area contributed by atoms with Gasteiger partial charge in [0.1, 0.15) is 11.6 Å². The molecule has 0 spiro atoms. The zero-order valence-electron chi connectivity index (χ0n) is 17.1. The van der Waals surface area contributed by atoms with Crippen molar-refractivity contribution < 1.29 is 4.39 Å². The third kappa shape index (κ3) is 4.16. The fraction of sp³-hybridized carbons (Fsp3) is 0.364. The maximum Gasteiger partial charge on any atom is 0.226 e. The summed E-state index contributed by atoms with van der Waals surface area (Å²) in [5.41, 5.74) is 9.64. The molecule has 0 amide bonds. The molecule has 7 nitrogen and oxygen atoms in total. The van der Waals surface area contributed by atoms with Gasteiger partial charge in [-0.05, 0) is 50.5 Å². The van der Waals surface area contributed by atoms with E-state index in [0.717, 1.165) is 42.6 Å². The van der Waals surface area contributed by atoms with E-state index >= 15 is 0 Å². The number of anilines is 2. The van der Waals surface area contributed by atoms with Gasteiger partial charge in [0, 0.05) is 36.9 Å². The SMILES string of the molecule is Cc1cc(C)c2c(N)nc(NC3CCN(Cc4ccc(C#N)cc4F)CC3)nc2n1. The first kappa shape index (κ1) is 20.0. The van der Waals surface area contributed by atoms with Crippen molar-refractivity contribution in [3.05, 3.63) is 52.5 Å². The molecule has 3 N–H and O–H groups in total. The number of hydrogen-bond acceptors (Lipinski definition) is 7. The lowest BCUT2D eigenvalue weighted by molar-refractivity contribution is 0.208. The molecule has 8 heteroatoms. The predicted octanol–water partition coefficient (Wildman–Crippen LogP) is 3.31. The monoisotopic (exact) mass is 405 g/mol. The van der Waals surface area contributed by atoms with Gasteiger partial charge < -0.3 is 11.1 Å². The Kier molecular flexibility index (Phi) is 5.46. The lowest BCUT2D eigenvalue weighted by atomic mass is 10.0. The fourth-order valence-corrected chi connectivity index (χ4v) is 3.98. The molecule has 0 bridgehead atoms. The molecule has 1 aliphatic rings. The molecule has 0 saturated carbocycles. The van der Waals surface area contributed by atoms with E-state index < -0.39 is 0 Å². The summed E-state index contributed by atoms with van der Waals surface area (Å²) in [5, 5.41) is 13.1. The molecule has 154 valence electrons. The molecule has 1 fully saturated rings. The molecule has 0 radical (unpaired) electrons. The van der Waals surface area contributed by atoms with E-state index in [9.17, 15) is 4.39 Å². The van der Waals surface area contributed by atoms with Gasteiger partial charge in [-0.3, -0.25) is 4.90 Å². The van der Waals surface area contributed by atoms with Crippen molar-refractivity contribution in [1.29, 1.82) is 5.26 Å². The average Bonchev–Trinajstić information content (AvgIpc) is 2.70. The van der Waals surface area contributed by atoms with Crippen LogP contribution in [-0.2, 0) is 6.54 Å². The van der Waals surface area contributed by atoms with Crippen LogP contribution in [-0.4, -0.2) is 39.0 Å². The molecular formula is C22H24FN7. The minimum absolute atomic E-state index is 0.217. The lowest BCUT2D eigenvalue weighted by Gasteiger charge is -2.32. The Balaban J connectivity index is 1.40. The third-order valence-electron chi connectivity index (χ3n) is 5.52. The standard InChI is InChI=1S/C22H24FN7/c1-13-9-14(2)26-21-19(13)20(25)28-22(29-21)27-17-5-7-30(8-6-17)12-16-4-3-15(11-24)10-18(16)23/h3-4,9-10,17H,5-8,12H2,1-2H3,(H3,25,26,27,28,29). The van der Waals surface area contributed by atoms with Gasteiger partial charge in [0.2, 0.25) is 5.95 Å². The number of fused-ring (bicyclic) bond motifs is 1. The van der Waals surface area contributed by atoms with E-state index in [2.05, 4.69) is 25.2 Å². The van der Waals surface area contributed by atoms with E-state index in [1.807, 2.05) is 26.0 Å². The number of nitrogens with one attached hydrogen (secondary N) is 1. The summed E-state index contributed by atoms with van der Waals surface area (Å²) in [7, 11) is 0. The number of benzene rings is 1. The molecule has 4 rings (SSSR count). The zero-order chi connectivity index (χ0) is 21.3. The Morgan fingerprint density at radius 3 is 2.67 bits per heavy atom. The highest BCUT2D eigenvalue weighted by Gasteiger charge is 2.21. The van der Waals surface area contributed by atoms with E-state index in [1.165, 1.54) is 6.07 Å². The number of nitrogen functional groups attached to an aromatic ring is 1. The van der Waals surface area contributed by atoms with Gasteiger partial charge in [0.15, 0.2) is 5.65 Å². The Bertz CT molecular complexity index is 1130. The first-order valence-electron chi connectivity index (χ1n) is 10.0. The molecule has 2 aromatic heterocycles. The molecule has 0 unspecified atom stereocenters. The molecule has 3 heterocycles. The molecular weight excluding hydrogens is 381 g/mol. The quantitative estimate of drug-likeness (QED) is 0.686. The summed E-state index contributed by atoms with van der Waals surface area (Å²) in [6.07, 6.45) is 1.78. The van der Waals surface area contributed by atoms with E-state index in [-0.39, 0.29) is 11.9 Å². The predicted molar refractivity (Wildman–Crippen MR) is 114 cm³/mol. The number of halogens is 1. The first-order valence-corrected chi connectivity index (χ1v) is 10.0. The molecule has 1 saturated heterocycles. The second-order valence-electron chi connectivity index (χ2n) is 7.82. The van der Waals surface area contributed by atoms with Gasteiger partial charge >= 0.3 is 0 Å². The summed E-state index contributed by atoms with van der Waals surface area (Å²) in [6, 6.07) is 8.80. The second kappa shape index (κ2) is 8.20. The number of pyridine rings is 1. The van der Waals surface area contributed by atoms with Gasteiger partial charge in [0.05, 0.1) is 17.0 Å². The maximum absolute atomic E-state index is 14.2. The minimum atomic E-state index is -0.326. The highest BCUT2D eigenvalue weighted by molar-refractivity contribution is 5.89. The maximum atomic E-state index is 14.2. The van der Waals surface area contributed by atoms with Crippen LogP contribution in [0.2, 0.25) is 0 Å². The number of likely N-dealkylation sites (tertiary alicyclic amines) is 1. The lowest BCUT2D eigenvalue weighted by Crippen LogP contribution is -2.39. The Hall–Kier alpha value is -3.31. The molecule has 30 heavy (non-hydrogen) atoms. The number of nitrogens with zero attached hydrogens (tertiary/aromatic N) is 5. The molecule has 0 atom stereocenters. The van der Waals surface area contributed by atoms with Crippen LogP contribution in [0.5, 0.6) is 0 Å². The number of nitrogens with two attached hydrogens (primary N) is 1. The first-order chi connectivity index (χ1) is 14.4. The average molecular weight is 405 g/mol. The largest absolute Gasteiger partial charge is 0.383 e. The zero-order valence-corrected chi connectivity index (χ0v) is 17.1. The summed E-state index contributed by atoms with van der Waals surface area (Å²) < 4.78 is 14.2. The smallest absolute Gasteiger partial charge is 0.226 e. The number of nitriles is 1. The molecule has 1 aliphatic heterocycles. The Morgan fingerprint density at radius 1 is 1.20 bits per heavy atom. The van der Waals surface area contributed by atoms with E-state index in [1.54, 1.807) is 12.1 Å². The van der Waals surface area contributed by atoms with Gasteiger partial charge in [-0.15, -0.1) is 0 Å². The van der Waals surface area contributed by atoms with Gasteiger partial charge in [-0.25, -0.2) is 9.37 Å². The topological polar surface area (TPSA) is 104 Å². The van der Waals surface area contributed by atoms with E-state index in [0.29, 0.717) is 35.1 Å². The van der Waals surface area contributed by atoms with Crippen molar-refractivity contribution in [3.8, 4) is 6.07 Å².